The van der Waals surface area contributed by atoms with Crippen LogP contribution in [0.5, 0.6) is 5.75 Å². The molecular weight excluding hydrogens is 368 g/mol. The molecule has 30 heavy (non-hydrogen) atoms. The number of hydrogen-bond acceptors (Lipinski definition) is 3. The molecule has 0 spiro atoms. The molecule has 3 nitrogen and oxygen atoms in total. The molecule has 0 unspecified atom stereocenters. The molecule has 1 aliphatic rings. The van der Waals surface area contributed by atoms with E-state index in [4.69, 9.17) is 16.2 Å². The molecular formula is C27H36N2O. The first-order chi connectivity index (χ1) is 14.6. The normalized spacial score (nSPS) is 15.1. The molecule has 0 radical (unpaired) electrons. The Morgan fingerprint density at radius 1 is 0.933 bits per heavy atom. The summed E-state index contributed by atoms with van der Waals surface area (Å²) in [4.78, 5) is 0. The van der Waals surface area contributed by atoms with Gasteiger partial charge in [-0.15, -0.1) is 0 Å². The third-order valence-electron chi connectivity index (χ3n) is 5.39. The van der Waals surface area contributed by atoms with Gasteiger partial charge in [0.2, 0.25) is 0 Å². The van der Waals surface area contributed by atoms with Gasteiger partial charge in [-0.05, 0) is 73.6 Å². The second-order valence-corrected chi connectivity index (χ2v) is 7.55. The number of ether oxygens (including phenoxy) is 1. The molecule has 4 N–H and O–H groups in total. The number of benzene rings is 2. The van der Waals surface area contributed by atoms with E-state index in [0.717, 1.165) is 18.3 Å². The summed E-state index contributed by atoms with van der Waals surface area (Å²) in [5, 5.41) is 0. The minimum atomic E-state index is 0.589. The SMILES string of the molecule is C=C/C(N)=C\C(N)=C/C.CCOc1ccc(-c2ccc(C3CCCCC3)cc2)cc1. The van der Waals surface area contributed by atoms with Crippen LogP contribution in [-0.4, -0.2) is 6.61 Å². The molecule has 0 atom stereocenters. The fraction of sp³-hybridized carbons (Fsp3) is 0.333. The fourth-order valence-electron chi connectivity index (χ4n) is 3.63. The molecule has 1 aliphatic carbocycles. The Kier molecular flexibility index (Phi) is 9.79. The van der Waals surface area contributed by atoms with E-state index in [1.54, 1.807) is 18.2 Å². The highest BCUT2D eigenvalue weighted by atomic mass is 16.5. The van der Waals surface area contributed by atoms with Crippen LogP contribution in [0.1, 0.15) is 57.4 Å². The predicted molar refractivity (Wildman–Crippen MR) is 129 cm³/mol. The van der Waals surface area contributed by atoms with Crippen molar-refractivity contribution in [3.8, 4) is 16.9 Å². The zero-order chi connectivity index (χ0) is 21.8. The van der Waals surface area contributed by atoms with Crippen LogP contribution in [0, 0.1) is 0 Å². The Morgan fingerprint density at radius 3 is 2.00 bits per heavy atom. The molecule has 0 bridgehead atoms. The zero-order valence-electron chi connectivity index (χ0n) is 18.4. The fourth-order valence-corrected chi connectivity index (χ4v) is 3.63. The maximum atomic E-state index is 5.50. The topological polar surface area (TPSA) is 61.3 Å². The Balaban J connectivity index is 0.000000303. The van der Waals surface area contributed by atoms with E-state index in [1.165, 1.54) is 48.8 Å². The van der Waals surface area contributed by atoms with Crippen molar-refractivity contribution in [3.05, 3.63) is 90.3 Å². The van der Waals surface area contributed by atoms with Gasteiger partial charge in [0, 0.05) is 11.4 Å². The summed E-state index contributed by atoms with van der Waals surface area (Å²) in [7, 11) is 0. The number of hydrogen-bond donors (Lipinski definition) is 2. The van der Waals surface area contributed by atoms with E-state index >= 15 is 0 Å². The molecule has 0 aromatic heterocycles. The molecule has 2 aromatic rings. The van der Waals surface area contributed by atoms with Crippen molar-refractivity contribution < 1.29 is 4.74 Å². The summed E-state index contributed by atoms with van der Waals surface area (Å²) in [5.41, 5.74) is 16.1. The number of allylic oxidation sites excluding steroid dienone is 3. The summed E-state index contributed by atoms with van der Waals surface area (Å²) in [6.07, 6.45) is 11.9. The van der Waals surface area contributed by atoms with E-state index in [9.17, 15) is 0 Å². The van der Waals surface area contributed by atoms with Crippen molar-refractivity contribution in [1.82, 2.24) is 0 Å². The van der Waals surface area contributed by atoms with Crippen LogP contribution in [0.3, 0.4) is 0 Å². The second kappa shape index (κ2) is 12.6. The summed E-state index contributed by atoms with van der Waals surface area (Å²) in [6, 6.07) is 17.5. The first kappa shape index (κ1) is 23.3. The van der Waals surface area contributed by atoms with Crippen LogP contribution in [0.2, 0.25) is 0 Å². The van der Waals surface area contributed by atoms with E-state index in [-0.39, 0.29) is 0 Å². The Labute approximate surface area is 182 Å². The summed E-state index contributed by atoms with van der Waals surface area (Å²) >= 11 is 0. The molecule has 0 amide bonds. The molecule has 3 rings (SSSR count). The lowest BCUT2D eigenvalue weighted by Crippen LogP contribution is -2.04. The van der Waals surface area contributed by atoms with Crippen molar-refractivity contribution >= 4 is 0 Å². The van der Waals surface area contributed by atoms with Gasteiger partial charge < -0.3 is 16.2 Å². The largest absolute Gasteiger partial charge is 0.494 e. The molecule has 1 saturated carbocycles. The van der Waals surface area contributed by atoms with Gasteiger partial charge in [0.15, 0.2) is 0 Å². The van der Waals surface area contributed by atoms with Crippen LogP contribution in [0.4, 0.5) is 0 Å². The van der Waals surface area contributed by atoms with Crippen molar-refractivity contribution in [2.24, 2.45) is 11.5 Å². The average molecular weight is 405 g/mol. The van der Waals surface area contributed by atoms with E-state index in [0.29, 0.717) is 11.4 Å². The van der Waals surface area contributed by atoms with E-state index < -0.39 is 0 Å². The van der Waals surface area contributed by atoms with E-state index in [1.807, 2.05) is 26.0 Å². The van der Waals surface area contributed by atoms with Crippen molar-refractivity contribution in [2.75, 3.05) is 6.61 Å². The first-order valence-corrected chi connectivity index (χ1v) is 10.9. The quantitative estimate of drug-likeness (QED) is 0.528. The second-order valence-electron chi connectivity index (χ2n) is 7.55. The maximum Gasteiger partial charge on any atom is 0.119 e. The predicted octanol–water partition coefficient (Wildman–Crippen LogP) is 6.68. The Morgan fingerprint density at radius 2 is 1.50 bits per heavy atom. The first-order valence-electron chi connectivity index (χ1n) is 10.9. The minimum Gasteiger partial charge on any atom is -0.494 e. The van der Waals surface area contributed by atoms with Crippen molar-refractivity contribution in [2.45, 2.75) is 51.9 Å². The standard InChI is InChI=1S/C20H24O.C7H12N2/c1-2-21-20-14-12-19(13-15-20)18-10-8-17(9-11-18)16-6-4-3-5-7-16;1-3-6(8)5-7(9)4-2/h8-16H,2-7H2,1H3;3-5H,1,8-9H2,2H3/b;6-5+,7-4+. The molecule has 0 aliphatic heterocycles. The highest BCUT2D eigenvalue weighted by Crippen LogP contribution is 2.33. The number of rotatable bonds is 6. The monoisotopic (exact) mass is 404 g/mol. The summed E-state index contributed by atoms with van der Waals surface area (Å²) in [5.74, 6) is 1.73. The average Bonchev–Trinajstić information content (AvgIpc) is 2.81. The van der Waals surface area contributed by atoms with Gasteiger partial charge in [0.1, 0.15) is 5.75 Å². The molecule has 3 heteroatoms. The summed E-state index contributed by atoms with van der Waals surface area (Å²) in [6.45, 7) is 8.05. The van der Waals surface area contributed by atoms with Gasteiger partial charge in [-0.1, -0.05) is 68.3 Å². The van der Waals surface area contributed by atoms with Gasteiger partial charge in [0.25, 0.3) is 0 Å². The lowest BCUT2D eigenvalue weighted by atomic mass is 9.84. The van der Waals surface area contributed by atoms with Crippen LogP contribution in [0.15, 0.2) is 84.7 Å². The van der Waals surface area contributed by atoms with E-state index in [2.05, 4.69) is 43.0 Å². The zero-order valence-corrected chi connectivity index (χ0v) is 18.4. The highest BCUT2D eigenvalue weighted by Gasteiger charge is 2.15. The lowest BCUT2D eigenvalue weighted by Gasteiger charge is -2.22. The third-order valence-corrected chi connectivity index (χ3v) is 5.39. The highest BCUT2D eigenvalue weighted by molar-refractivity contribution is 5.64. The molecule has 0 heterocycles. The van der Waals surface area contributed by atoms with Crippen LogP contribution in [0.25, 0.3) is 11.1 Å². The molecule has 1 fully saturated rings. The molecule has 160 valence electrons. The Hall–Kier alpha value is -2.94. The maximum absolute atomic E-state index is 5.50. The smallest absolute Gasteiger partial charge is 0.119 e. The van der Waals surface area contributed by atoms with Gasteiger partial charge in [0.05, 0.1) is 6.61 Å². The van der Waals surface area contributed by atoms with Crippen LogP contribution in [-0.2, 0) is 0 Å². The van der Waals surface area contributed by atoms with Crippen LogP contribution < -0.4 is 16.2 Å². The molecule has 0 saturated heterocycles. The van der Waals surface area contributed by atoms with Gasteiger partial charge in [-0.25, -0.2) is 0 Å². The van der Waals surface area contributed by atoms with Gasteiger partial charge in [-0.3, -0.25) is 0 Å². The third kappa shape index (κ3) is 7.47. The van der Waals surface area contributed by atoms with Gasteiger partial charge in [-0.2, -0.15) is 0 Å². The van der Waals surface area contributed by atoms with Crippen LogP contribution >= 0.6 is 0 Å². The summed E-state index contributed by atoms with van der Waals surface area (Å²) < 4.78 is 5.50. The van der Waals surface area contributed by atoms with Gasteiger partial charge >= 0.3 is 0 Å². The minimum absolute atomic E-state index is 0.589. The lowest BCUT2D eigenvalue weighted by molar-refractivity contribution is 0.340. The molecule has 2 aromatic carbocycles. The van der Waals surface area contributed by atoms with Crippen molar-refractivity contribution in [3.63, 3.8) is 0 Å². The Bertz CT molecular complexity index is 826. The van der Waals surface area contributed by atoms with Crippen molar-refractivity contribution in [1.29, 1.82) is 0 Å². The number of nitrogens with two attached hydrogens (primary N) is 2.